The molecule has 4 rings (SSSR count). The van der Waals surface area contributed by atoms with Crippen molar-refractivity contribution in [2.45, 2.75) is 25.7 Å². The Morgan fingerprint density at radius 1 is 1.03 bits per heavy atom. The molecule has 2 aliphatic heterocycles. The smallest absolute Gasteiger partial charge is 0.321 e. The van der Waals surface area contributed by atoms with Crippen molar-refractivity contribution in [1.82, 2.24) is 10.2 Å². The second kappa shape index (κ2) is 10.1. The van der Waals surface area contributed by atoms with Gasteiger partial charge >= 0.3 is 6.03 Å². The van der Waals surface area contributed by atoms with Gasteiger partial charge in [-0.15, -0.1) is 0 Å². The summed E-state index contributed by atoms with van der Waals surface area (Å²) in [6, 6.07) is 10.6. The van der Waals surface area contributed by atoms with Gasteiger partial charge in [0.15, 0.2) is 0 Å². The van der Waals surface area contributed by atoms with Crippen LogP contribution in [0.4, 0.5) is 19.3 Å². The summed E-state index contributed by atoms with van der Waals surface area (Å²) in [5.41, 5.74) is 1.70. The molecule has 0 unspecified atom stereocenters. The molecule has 7 heteroatoms. The van der Waals surface area contributed by atoms with Gasteiger partial charge in [0.1, 0.15) is 17.4 Å². The fourth-order valence-electron chi connectivity index (χ4n) is 4.37. The number of likely N-dealkylation sites (tertiary alicyclic amines) is 1. The third kappa shape index (κ3) is 5.73. The maximum absolute atomic E-state index is 13.3. The lowest BCUT2D eigenvalue weighted by atomic mass is 9.94. The molecule has 0 spiro atoms. The van der Waals surface area contributed by atoms with Crippen LogP contribution in [-0.2, 0) is 6.42 Å². The van der Waals surface area contributed by atoms with E-state index in [1.54, 1.807) is 23.1 Å². The van der Waals surface area contributed by atoms with Gasteiger partial charge in [-0.3, -0.25) is 4.90 Å². The van der Waals surface area contributed by atoms with Gasteiger partial charge in [-0.25, -0.2) is 13.6 Å². The van der Waals surface area contributed by atoms with Crippen LogP contribution in [0, 0.1) is 17.6 Å². The summed E-state index contributed by atoms with van der Waals surface area (Å²) in [6.07, 6.45) is 3.92. The third-order valence-electron chi connectivity index (χ3n) is 6.20. The SMILES string of the molecule is O=C(NCCN1CCC(CCOc2ccc(F)cc2)CC1)N1CCc2cc(F)ccc21. The predicted octanol–water partition coefficient (Wildman–Crippen LogP) is 4.22. The monoisotopic (exact) mass is 429 g/mol. The van der Waals surface area contributed by atoms with Crippen LogP contribution in [0.15, 0.2) is 42.5 Å². The summed E-state index contributed by atoms with van der Waals surface area (Å²) in [4.78, 5) is 16.6. The van der Waals surface area contributed by atoms with E-state index in [9.17, 15) is 13.6 Å². The summed E-state index contributed by atoms with van der Waals surface area (Å²) < 4.78 is 32.0. The first kappa shape index (κ1) is 21.6. The second-order valence-corrected chi connectivity index (χ2v) is 8.28. The van der Waals surface area contributed by atoms with E-state index in [1.807, 2.05) is 0 Å². The zero-order valence-corrected chi connectivity index (χ0v) is 17.7. The van der Waals surface area contributed by atoms with Gasteiger partial charge in [0.05, 0.1) is 6.61 Å². The Morgan fingerprint density at radius 3 is 2.55 bits per heavy atom. The highest BCUT2D eigenvalue weighted by Gasteiger charge is 2.25. The van der Waals surface area contributed by atoms with Gasteiger partial charge in [-0.05, 0) is 92.7 Å². The molecule has 31 heavy (non-hydrogen) atoms. The molecule has 2 aromatic rings. The van der Waals surface area contributed by atoms with Crippen molar-refractivity contribution in [2.24, 2.45) is 5.92 Å². The summed E-state index contributed by atoms with van der Waals surface area (Å²) in [5, 5.41) is 3.00. The minimum atomic E-state index is -0.258. The van der Waals surface area contributed by atoms with Crippen LogP contribution in [0.3, 0.4) is 0 Å². The Labute approximate surface area is 182 Å². The number of anilines is 1. The lowest BCUT2D eigenvalue weighted by Gasteiger charge is -2.32. The van der Waals surface area contributed by atoms with E-state index in [0.717, 1.165) is 50.1 Å². The molecule has 0 saturated carbocycles. The average molecular weight is 430 g/mol. The number of nitrogens with one attached hydrogen (secondary N) is 1. The van der Waals surface area contributed by atoms with Crippen molar-refractivity contribution in [3.63, 3.8) is 0 Å². The standard InChI is InChI=1S/C24H29F2N3O2/c25-20-1-4-22(5-2-20)31-16-10-18-7-12-28(13-8-18)15-11-27-24(30)29-14-9-19-17-21(26)3-6-23(19)29/h1-6,17-18H,7-16H2,(H,27,30). The van der Waals surface area contributed by atoms with E-state index in [0.29, 0.717) is 37.8 Å². The van der Waals surface area contributed by atoms with Crippen molar-refractivity contribution < 1.29 is 18.3 Å². The molecule has 2 aliphatic rings. The molecule has 1 saturated heterocycles. The molecule has 0 aliphatic carbocycles. The van der Waals surface area contributed by atoms with Crippen LogP contribution in [0.2, 0.25) is 0 Å². The van der Waals surface area contributed by atoms with E-state index in [1.165, 1.54) is 24.3 Å². The number of carbonyl (C=O) groups excluding carboxylic acids is 1. The maximum Gasteiger partial charge on any atom is 0.321 e. The molecule has 1 fully saturated rings. The van der Waals surface area contributed by atoms with E-state index in [4.69, 9.17) is 4.74 Å². The van der Waals surface area contributed by atoms with Crippen LogP contribution in [0.5, 0.6) is 5.75 Å². The number of ether oxygens (including phenoxy) is 1. The molecule has 0 atom stereocenters. The molecular formula is C24H29F2N3O2. The van der Waals surface area contributed by atoms with E-state index >= 15 is 0 Å². The quantitative estimate of drug-likeness (QED) is 0.717. The largest absolute Gasteiger partial charge is 0.494 e. The normalized spacial score (nSPS) is 16.9. The first-order valence-corrected chi connectivity index (χ1v) is 11.0. The number of urea groups is 1. The number of hydrogen-bond acceptors (Lipinski definition) is 3. The van der Waals surface area contributed by atoms with Crippen molar-refractivity contribution in [2.75, 3.05) is 44.2 Å². The van der Waals surface area contributed by atoms with Gasteiger partial charge in [0, 0.05) is 25.3 Å². The molecule has 5 nitrogen and oxygen atoms in total. The minimum absolute atomic E-state index is 0.113. The molecule has 0 bridgehead atoms. The van der Waals surface area contributed by atoms with Crippen molar-refractivity contribution in [3.8, 4) is 5.75 Å². The van der Waals surface area contributed by atoms with Crippen molar-refractivity contribution in [1.29, 1.82) is 0 Å². The van der Waals surface area contributed by atoms with Crippen molar-refractivity contribution in [3.05, 3.63) is 59.7 Å². The second-order valence-electron chi connectivity index (χ2n) is 8.28. The number of hydrogen-bond donors (Lipinski definition) is 1. The van der Waals surface area contributed by atoms with Gasteiger partial charge in [-0.1, -0.05) is 0 Å². The molecule has 166 valence electrons. The minimum Gasteiger partial charge on any atom is -0.494 e. The Bertz CT molecular complexity index is 883. The van der Waals surface area contributed by atoms with Gasteiger partial charge in [0.2, 0.25) is 0 Å². The highest BCUT2D eigenvalue weighted by molar-refractivity contribution is 5.94. The summed E-state index contributed by atoms with van der Waals surface area (Å²) in [5.74, 6) is 0.830. The molecule has 2 amide bonds. The first-order chi connectivity index (χ1) is 15.1. The zero-order chi connectivity index (χ0) is 21.6. The highest BCUT2D eigenvalue weighted by atomic mass is 19.1. The lowest BCUT2D eigenvalue weighted by Crippen LogP contribution is -2.44. The zero-order valence-electron chi connectivity index (χ0n) is 17.7. The predicted molar refractivity (Wildman–Crippen MR) is 117 cm³/mol. The van der Waals surface area contributed by atoms with Crippen LogP contribution in [0.1, 0.15) is 24.8 Å². The number of halogens is 2. The molecule has 0 aromatic heterocycles. The third-order valence-corrected chi connectivity index (χ3v) is 6.20. The number of rotatable bonds is 7. The van der Waals surface area contributed by atoms with Gasteiger partial charge in [-0.2, -0.15) is 0 Å². The van der Waals surface area contributed by atoms with Crippen LogP contribution in [-0.4, -0.2) is 50.3 Å². The number of nitrogens with zero attached hydrogens (tertiary/aromatic N) is 2. The number of benzene rings is 2. The van der Waals surface area contributed by atoms with Crippen LogP contribution < -0.4 is 15.0 Å². The summed E-state index contributed by atoms with van der Waals surface area (Å²) in [7, 11) is 0. The Balaban J connectivity index is 1.11. The highest BCUT2D eigenvalue weighted by Crippen LogP contribution is 2.28. The van der Waals surface area contributed by atoms with Crippen molar-refractivity contribution >= 4 is 11.7 Å². The Morgan fingerprint density at radius 2 is 1.77 bits per heavy atom. The first-order valence-electron chi connectivity index (χ1n) is 11.0. The van der Waals surface area contributed by atoms with Crippen LogP contribution >= 0.6 is 0 Å². The summed E-state index contributed by atoms with van der Waals surface area (Å²) in [6.45, 7) is 4.70. The number of amides is 2. The molecule has 0 radical (unpaired) electrons. The Kier molecular flexibility index (Phi) is 7.02. The van der Waals surface area contributed by atoms with Gasteiger partial charge in [0.25, 0.3) is 0 Å². The summed E-state index contributed by atoms with van der Waals surface area (Å²) >= 11 is 0. The average Bonchev–Trinajstić information content (AvgIpc) is 3.19. The fraction of sp³-hybridized carbons (Fsp3) is 0.458. The number of carbonyl (C=O) groups is 1. The number of fused-ring (bicyclic) bond motifs is 1. The molecule has 1 N–H and O–H groups in total. The van der Waals surface area contributed by atoms with E-state index in [-0.39, 0.29) is 17.7 Å². The maximum atomic E-state index is 13.3. The van der Waals surface area contributed by atoms with Gasteiger partial charge < -0.3 is 15.0 Å². The number of piperidine rings is 1. The fourth-order valence-corrected chi connectivity index (χ4v) is 4.37. The molecule has 2 aromatic carbocycles. The Hall–Kier alpha value is -2.67. The molecule has 2 heterocycles. The van der Waals surface area contributed by atoms with E-state index in [2.05, 4.69) is 10.2 Å². The van der Waals surface area contributed by atoms with E-state index < -0.39 is 0 Å². The molecular weight excluding hydrogens is 400 g/mol. The van der Waals surface area contributed by atoms with Crippen LogP contribution in [0.25, 0.3) is 0 Å². The topological polar surface area (TPSA) is 44.8 Å². The lowest BCUT2D eigenvalue weighted by molar-refractivity contribution is 0.164.